The molecule has 1 aliphatic heterocycles. The van der Waals surface area contributed by atoms with Crippen LogP contribution >= 0.6 is 7.75 Å². The molecule has 1 fully saturated rings. The zero-order valence-corrected chi connectivity index (χ0v) is 20.7. The van der Waals surface area contributed by atoms with E-state index < -0.39 is 79.9 Å². The predicted octanol–water partition coefficient (Wildman–Crippen LogP) is 0.679. The van der Waals surface area contributed by atoms with Crippen LogP contribution in [0.5, 0.6) is 5.75 Å². The van der Waals surface area contributed by atoms with E-state index in [9.17, 15) is 29.2 Å². The van der Waals surface area contributed by atoms with Gasteiger partial charge in [-0.15, -0.1) is 0 Å². The molecule has 36 heavy (non-hydrogen) atoms. The van der Waals surface area contributed by atoms with Crippen molar-refractivity contribution in [2.24, 2.45) is 0 Å². The molecule has 0 bridgehead atoms. The number of carbonyl (C=O) groups excluding carboxylic acids is 1. The van der Waals surface area contributed by atoms with Crippen LogP contribution < -0.4 is 20.9 Å². The third-order valence-corrected chi connectivity index (χ3v) is 6.44. The molecule has 0 saturated carbocycles. The summed E-state index contributed by atoms with van der Waals surface area (Å²) in [4.78, 5) is 38.2. The van der Waals surface area contributed by atoms with Gasteiger partial charge in [-0.25, -0.2) is 9.36 Å². The van der Waals surface area contributed by atoms with Crippen LogP contribution in [0.4, 0.5) is 0 Å². The number of ether oxygens (including phenoxy) is 2. The van der Waals surface area contributed by atoms with Gasteiger partial charge in [0.2, 0.25) is 0 Å². The first-order valence-corrected chi connectivity index (χ1v) is 12.4. The van der Waals surface area contributed by atoms with Crippen molar-refractivity contribution in [1.29, 1.82) is 0 Å². The minimum absolute atomic E-state index is 0.0436. The number of hydrogen-bond acceptors (Lipinski definition) is 10. The van der Waals surface area contributed by atoms with Gasteiger partial charge >= 0.3 is 19.4 Å². The van der Waals surface area contributed by atoms with E-state index in [-0.39, 0.29) is 5.75 Å². The summed E-state index contributed by atoms with van der Waals surface area (Å²) in [7, 11) is -4.84. The van der Waals surface area contributed by atoms with Crippen molar-refractivity contribution in [3.8, 4) is 5.75 Å². The summed E-state index contributed by atoms with van der Waals surface area (Å²) in [5, 5.41) is 24.1. The summed E-state index contributed by atoms with van der Waals surface area (Å²) in [6.45, 7) is 2.14. The molecule has 14 heteroatoms. The molecule has 0 amide bonds. The Labute approximate surface area is 212 Å². The maximum atomic E-state index is 13.8. The molecule has 0 unspecified atom stereocenters. The highest BCUT2D eigenvalue weighted by atomic mass is 31.2. The van der Waals surface area contributed by atoms with Crippen molar-refractivity contribution in [1.82, 2.24) is 14.6 Å². The molecule has 0 aliphatic carbocycles. The standard InChI is InChI=1S/C22H30N3O10P/c1-13(2)33-19(28)14(3)24-36(31,35-15-8-6-5-7-9-15)32-12-16-18(27)22(4,30)20(34-16)25-11-10-17(26)23-21(25)29/h5-11,13-14,16,18,20,27,30H,12H2,1-4H3,(H,24,31)(H,23,26,29)/t14-,16+,18+,20+,22+,36-/m0/s1/i10D,11D,12D2. The second kappa shape index (κ2) is 11.1. The van der Waals surface area contributed by atoms with E-state index in [0.717, 1.165) is 6.92 Å². The molecule has 13 nitrogen and oxygen atoms in total. The fourth-order valence-electron chi connectivity index (χ4n) is 3.17. The molecule has 4 N–H and O–H groups in total. The van der Waals surface area contributed by atoms with Gasteiger partial charge in [0, 0.05) is 12.2 Å². The first kappa shape index (κ1) is 22.4. The molecule has 1 aromatic carbocycles. The molecule has 3 rings (SSSR count). The predicted molar refractivity (Wildman–Crippen MR) is 126 cm³/mol. The molecule has 2 aromatic rings. The Hall–Kier alpha value is -2.80. The van der Waals surface area contributed by atoms with Crippen LogP contribution in [-0.2, 0) is 23.4 Å². The summed E-state index contributed by atoms with van der Waals surface area (Å²) in [6, 6.07) is 5.14. The monoisotopic (exact) mass is 531 g/mol. The lowest BCUT2D eigenvalue weighted by molar-refractivity contribution is -0.149. The molecular weight excluding hydrogens is 497 g/mol. The van der Waals surface area contributed by atoms with Gasteiger partial charge in [-0.2, -0.15) is 5.09 Å². The lowest BCUT2D eigenvalue weighted by Gasteiger charge is -2.27. The minimum Gasteiger partial charge on any atom is -0.462 e. The van der Waals surface area contributed by atoms with E-state index in [1.807, 2.05) is 0 Å². The van der Waals surface area contributed by atoms with E-state index in [2.05, 4.69) is 5.09 Å². The number of carbonyl (C=O) groups is 1. The summed E-state index contributed by atoms with van der Waals surface area (Å²) < 4.78 is 67.9. The van der Waals surface area contributed by atoms with Crippen LogP contribution in [0.1, 0.15) is 39.4 Å². The normalized spacial score (nSPS) is 28.4. The maximum Gasteiger partial charge on any atom is 0.459 e. The number of H-pyrrole nitrogens is 1. The second-order valence-electron chi connectivity index (χ2n) is 8.39. The number of esters is 1. The average Bonchev–Trinajstić information content (AvgIpc) is 3.07. The summed E-state index contributed by atoms with van der Waals surface area (Å²) in [5.74, 6) is -0.902. The van der Waals surface area contributed by atoms with Crippen molar-refractivity contribution in [2.45, 2.75) is 63.9 Å². The third kappa shape index (κ3) is 6.49. The number of hydrogen-bond donors (Lipinski definition) is 4. The molecule has 1 aromatic heterocycles. The molecule has 0 spiro atoms. The smallest absolute Gasteiger partial charge is 0.459 e. The Morgan fingerprint density at radius 2 is 2.03 bits per heavy atom. The number of aromatic amines is 1. The SMILES string of the molecule is [2H]c1c([2H])n([C@@H]2O[C@H](C([2H])([2H])O[P@@](=O)(N[C@@H](C)C(=O)OC(C)C)Oc3ccccc3)[C@@H](O)[C@@]2(C)O)c(=O)[nH]c1=O. The lowest BCUT2D eigenvalue weighted by Crippen LogP contribution is -2.47. The maximum absolute atomic E-state index is 13.8. The first-order valence-electron chi connectivity index (χ1n) is 12.8. The highest BCUT2D eigenvalue weighted by Gasteiger charge is 2.54. The summed E-state index contributed by atoms with van der Waals surface area (Å²) >= 11 is 0. The van der Waals surface area contributed by atoms with Crippen LogP contribution in [0, 0.1) is 0 Å². The average molecular weight is 531 g/mol. The van der Waals surface area contributed by atoms with E-state index >= 15 is 0 Å². The molecule has 6 atom stereocenters. The Bertz CT molecular complexity index is 1400. The van der Waals surface area contributed by atoms with Gasteiger partial charge < -0.3 is 24.2 Å². The summed E-state index contributed by atoms with van der Waals surface area (Å²) in [5.41, 5.74) is -4.95. The minimum atomic E-state index is -4.84. The van der Waals surface area contributed by atoms with E-state index in [4.69, 9.17) is 24.0 Å². The number of aromatic nitrogens is 2. The number of nitrogens with one attached hydrogen (secondary N) is 2. The molecule has 2 heterocycles. The van der Waals surface area contributed by atoms with Crippen molar-refractivity contribution in [3.63, 3.8) is 0 Å². The van der Waals surface area contributed by atoms with Gasteiger partial charge in [-0.1, -0.05) is 18.2 Å². The number of para-hydroxylation sites is 1. The van der Waals surface area contributed by atoms with Gasteiger partial charge in [0.1, 0.15) is 29.6 Å². The topological polar surface area (TPSA) is 178 Å². The van der Waals surface area contributed by atoms with Gasteiger partial charge in [0.05, 0.1) is 18.1 Å². The van der Waals surface area contributed by atoms with Crippen LogP contribution in [-0.4, -0.2) is 62.2 Å². The van der Waals surface area contributed by atoms with Crippen molar-refractivity contribution >= 4 is 13.7 Å². The Kier molecular flexibility index (Phi) is 6.89. The number of nitrogens with zero attached hydrogens (tertiary/aromatic N) is 1. The lowest BCUT2D eigenvalue weighted by atomic mass is 9.96. The number of aliphatic hydroxyl groups is 2. The third-order valence-electron chi connectivity index (χ3n) is 4.94. The fraction of sp³-hybridized carbons (Fsp3) is 0.500. The Morgan fingerprint density at radius 3 is 2.67 bits per heavy atom. The van der Waals surface area contributed by atoms with Gasteiger partial charge in [0.25, 0.3) is 5.56 Å². The van der Waals surface area contributed by atoms with Crippen molar-refractivity contribution in [2.75, 3.05) is 6.56 Å². The van der Waals surface area contributed by atoms with E-state index in [1.54, 1.807) is 24.9 Å². The van der Waals surface area contributed by atoms with Crippen molar-refractivity contribution in [3.05, 3.63) is 63.4 Å². The first-order chi connectivity index (χ1) is 18.4. The molecule has 1 aliphatic rings. The number of benzene rings is 1. The van der Waals surface area contributed by atoms with Crippen LogP contribution in [0.3, 0.4) is 0 Å². The fourth-order valence-corrected chi connectivity index (χ4v) is 4.53. The summed E-state index contributed by atoms with van der Waals surface area (Å²) in [6.07, 6.45) is -7.84. The largest absolute Gasteiger partial charge is 0.462 e. The molecule has 198 valence electrons. The number of rotatable bonds is 10. The van der Waals surface area contributed by atoms with Crippen LogP contribution in [0.15, 0.2) is 52.1 Å². The van der Waals surface area contributed by atoms with Crippen LogP contribution in [0.2, 0.25) is 0 Å². The zero-order valence-electron chi connectivity index (χ0n) is 23.8. The van der Waals surface area contributed by atoms with Crippen molar-refractivity contribution < 1.29 is 43.6 Å². The molecule has 1 saturated heterocycles. The quantitative estimate of drug-likeness (QED) is 0.250. The Morgan fingerprint density at radius 1 is 1.36 bits per heavy atom. The highest BCUT2D eigenvalue weighted by molar-refractivity contribution is 7.52. The van der Waals surface area contributed by atoms with Gasteiger partial charge in [-0.3, -0.25) is 23.7 Å². The van der Waals surface area contributed by atoms with Gasteiger partial charge in [0.15, 0.2) is 6.23 Å². The molecular formula is C22H30N3O10P. The van der Waals surface area contributed by atoms with E-state index in [0.29, 0.717) is 4.57 Å². The molecule has 0 radical (unpaired) electrons. The van der Waals surface area contributed by atoms with Crippen LogP contribution in [0.25, 0.3) is 0 Å². The zero-order chi connectivity index (χ0) is 30.2. The Balaban J connectivity index is 1.98. The highest BCUT2D eigenvalue weighted by Crippen LogP contribution is 2.46. The van der Waals surface area contributed by atoms with Gasteiger partial charge in [-0.05, 0) is 39.8 Å². The van der Waals surface area contributed by atoms with E-state index in [1.165, 1.54) is 31.2 Å². The number of aliphatic hydroxyl groups excluding tert-OH is 1. The second-order valence-corrected chi connectivity index (χ2v) is 10.0.